The first-order chi connectivity index (χ1) is 18.8. The van der Waals surface area contributed by atoms with Gasteiger partial charge in [-0.1, -0.05) is 54.3 Å². The summed E-state index contributed by atoms with van der Waals surface area (Å²) in [5, 5.41) is 21.3. The van der Waals surface area contributed by atoms with Gasteiger partial charge in [-0.25, -0.2) is 9.36 Å². The number of nitrogens with zero attached hydrogens (tertiary/aromatic N) is 4. The zero-order valence-corrected chi connectivity index (χ0v) is 23.9. The Morgan fingerprint density at radius 3 is 2.72 bits per heavy atom. The van der Waals surface area contributed by atoms with E-state index < -0.39 is 18.0 Å². The highest BCUT2D eigenvalue weighted by Gasteiger charge is 2.60. The second-order valence-corrected chi connectivity index (χ2v) is 12.4. The highest BCUT2D eigenvalue weighted by Crippen LogP contribution is 2.51. The Balaban J connectivity index is 1.29. The number of aliphatic hydroxyl groups is 1. The first-order valence-corrected chi connectivity index (χ1v) is 15.3. The van der Waals surface area contributed by atoms with E-state index in [2.05, 4.69) is 50.7 Å². The number of hydrogen-bond acceptors (Lipinski definition) is 7. The number of carbonyl (C=O) groups excluding carboxylic acids is 1. The van der Waals surface area contributed by atoms with Crippen molar-refractivity contribution in [2.45, 2.75) is 44.1 Å². The molecule has 1 aromatic carbocycles. The van der Waals surface area contributed by atoms with Crippen molar-refractivity contribution in [1.29, 1.82) is 0 Å². The van der Waals surface area contributed by atoms with Crippen molar-refractivity contribution in [3.05, 3.63) is 58.5 Å². The molecule has 0 spiro atoms. The average molecular weight is 570 g/mol. The van der Waals surface area contributed by atoms with Gasteiger partial charge in [0.25, 0.3) is 6.33 Å². The van der Waals surface area contributed by atoms with Gasteiger partial charge in [0.1, 0.15) is 18.4 Å². The zero-order valence-electron chi connectivity index (χ0n) is 22.2. The number of aliphatic hydroxyl groups excluding tert-OH is 1. The van der Waals surface area contributed by atoms with Gasteiger partial charge < -0.3 is 19.8 Å². The van der Waals surface area contributed by atoms with Gasteiger partial charge in [-0.15, -0.1) is 0 Å². The predicted octanol–water partition coefficient (Wildman–Crippen LogP) is 2.54. The molecule has 206 valence electrons. The monoisotopic (exact) mass is 569 g/mol. The minimum absolute atomic E-state index is 0.0505. The Bertz CT molecular complexity index is 1470. The van der Waals surface area contributed by atoms with E-state index in [0.717, 1.165) is 54.1 Å². The molecule has 9 nitrogen and oxygen atoms in total. The van der Waals surface area contributed by atoms with Crippen molar-refractivity contribution in [3.8, 4) is 0 Å². The van der Waals surface area contributed by atoms with Crippen LogP contribution in [0.25, 0.3) is 10.4 Å². The molecular formula is C28H33N4O5S2+. The van der Waals surface area contributed by atoms with Gasteiger partial charge >= 0.3 is 5.97 Å². The molecule has 4 atom stereocenters. The molecule has 3 aliphatic heterocycles. The number of aliphatic carboxylic acids is 1. The van der Waals surface area contributed by atoms with E-state index in [1.165, 1.54) is 16.0 Å². The molecule has 2 saturated heterocycles. The number of benzene rings is 1. The van der Waals surface area contributed by atoms with E-state index in [1.807, 2.05) is 13.1 Å². The van der Waals surface area contributed by atoms with Crippen molar-refractivity contribution < 1.29 is 29.1 Å². The quantitative estimate of drug-likeness (QED) is 0.244. The van der Waals surface area contributed by atoms with Crippen LogP contribution in [0, 0.1) is 11.8 Å². The first-order valence-electron chi connectivity index (χ1n) is 13.2. The van der Waals surface area contributed by atoms with Crippen LogP contribution in [0.4, 0.5) is 0 Å². The minimum Gasteiger partial charge on any atom is -0.477 e. The number of amides is 1. The largest absolute Gasteiger partial charge is 0.477 e. The van der Waals surface area contributed by atoms with Gasteiger partial charge in [-0.3, -0.25) is 9.69 Å². The number of carboxylic acid groups (broad SMARTS) is 1. The van der Waals surface area contributed by atoms with E-state index >= 15 is 0 Å². The molecule has 2 N–H and O–H groups in total. The van der Waals surface area contributed by atoms with Crippen LogP contribution in [0.1, 0.15) is 29.9 Å². The Morgan fingerprint density at radius 2 is 2.03 bits per heavy atom. The minimum atomic E-state index is -1.10. The topological polar surface area (TPSA) is 98.6 Å². The number of aromatic nitrogens is 2. The number of carboxylic acids is 1. The lowest BCUT2D eigenvalue weighted by Gasteiger charge is -2.46. The second-order valence-electron chi connectivity index (χ2n) is 10.6. The Morgan fingerprint density at radius 1 is 1.28 bits per heavy atom. The molecule has 39 heavy (non-hydrogen) atoms. The predicted molar refractivity (Wildman–Crippen MR) is 148 cm³/mol. The van der Waals surface area contributed by atoms with Crippen molar-refractivity contribution in [1.82, 2.24) is 14.2 Å². The molecule has 5 heterocycles. The Kier molecular flexibility index (Phi) is 7.05. The lowest BCUT2D eigenvalue weighted by atomic mass is 9.77. The summed E-state index contributed by atoms with van der Waals surface area (Å²) in [6.07, 6.45) is 5.28. The summed E-state index contributed by atoms with van der Waals surface area (Å²) in [6, 6.07) is 8.40. The van der Waals surface area contributed by atoms with Crippen LogP contribution in [-0.4, -0.2) is 81.0 Å². The highest BCUT2D eigenvalue weighted by atomic mass is 32.2. The summed E-state index contributed by atoms with van der Waals surface area (Å²) in [4.78, 5) is 30.7. The molecule has 11 heteroatoms. The third kappa shape index (κ3) is 4.50. The highest BCUT2D eigenvalue weighted by molar-refractivity contribution is 7.98. The van der Waals surface area contributed by atoms with Crippen molar-refractivity contribution in [3.63, 3.8) is 0 Å². The summed E-state index contributed by atoms with van der Waals surface area (Å²) in [5.74, 6) is -2.17. The normalized spacial score (nSPS) is 24.4. The number of thiazole rings is 1. The maximum absolute atomic E-state index is 12.8. The molecule has 3 aromatic rings. The SMILES string of the molecule is CSc1c2sc(C3=C(C(=O)O)N4C(=O)[C@H]([C@@H](C)O)[C@H]4[C@H]3C)cn2c[n+]1Cc1cccc(CN2CCOCC2)c1. The number of imidazole rings is 1. The van der Waals surface area contributed by atoms with Crippen LogP contribution in [0.15, 0.2) is 47.5 Å². The summed E-state index contributed by atoms with van der Waals surface area (Å²) < 4.78 is 9.77. The molecule has 3 aliphatic rings. The number of rotatable bonds is 8. The second kappa shape index (κ2) is 10.4. The maximum atomic E-state index is 12.8. The molecule has 0 aliphatic carbocycles. The number of morpholine rings is 1. The van der Waals surface area contributed by atoms with E-state index in [9.17, 15) is 19.8 Å². The first kappa shape index (κ1) is 26.5. The maximum Gasteiger partial charge on any atom is 0.352 e. The van der Waals surface area contributed by atoms with Crippen LogP contribution < -0.4 is 4.57 Å². The summed E-state index contributed by atoms with van der Waals surface area (Å²) in [7, 11) is 0. The number of β-lactam (4-membered cyclic amide) rings is 1. The third-order valence-electron chi connectivity index (χ3n) is 8.09. The van der Waals surface area contributed by atoms with Crippen LogP contribution in [0.5, 0.6) is 0 Å². The molecule has 2 aromatic heterocycles. The van der Waals surface area contributed by atoms with Crippen molar-refractivity contribution >= 4 is 45.4 Å². The third-order valence-corrected chi connectivity index (χ3v) is 10.2. The standard InChI is InChI=1S/C28H32N4O5S2/c1-16-21(24(28(35)36)32-23(16)22(17(2)33)25(32)34)20-14-31-15-30(26(38-3)27(31)39-20)13-19-6-4-5-18(11-19)12-29-7-9-37-10-8-29/h4-6,11,14-17,22-23,33H,7-10,12-13H2,1-3H3/p+1/t16-,17+,22+,23+/m0/s1. The van der Waals surface area contributed by atoms with Crippen LogP contribution in [0.3, 0.4) is 0 Å². The molecule has 0 radical (unpaired) electrons. The van der Waals surface area contributed by atoms with E-state index in [0.29, 0.717) is 5.57 Å². The van der Waals surface area contributed by atoms with Crippen LogP contribution in [-0.2, 0) is 27.4 Å². The number of carbonyl (C=O) groups is 2. The van der Waals surface area contributed by atoms with Crippen molar-refractivity contribution in [2.75, 3.05) is 32.6 Å². The summed E-state index contributed by atoms with van der Waals surface area (Å²) in [6.45, 7) is 8.70. The molecule has 0 bridgehead atoms. The fourth-order valence-corrected chi connectivity index (χ4v) is 8.49. The fourth-order valence-electron chi connectivity index (χ4n) is 6.31. The van der Waals surface area contributed by atoms with E-state index in [-0.39, 0.29) is 23.6 Å². The van der Waals surface area contributed by atoms with Gasteiger partial charge in [-0.05, 0) is 24.3 Å². The molecular weight excluding hydrogens is 536 g/mol. The molecule has 0 unspecified atom stereocenters. The van der Waals surface area contributed by atoms with Gasteiger partial charge in [0.2, 0.25) is 15.8 Å². The molecule has 2 fully saturated rings. The Labute approximate surface area is 235 Å². The number of ether oxygens (including phenoxy) is 1. The Hall–Kier alpha value is -2.70. The number of hydrogen-bond donors (Lipinski definition) is 2. The van der Waals surface area contributed by atoms with Crippen molar-refractivity contribution in [2.24, 2.45) is 11.8 Å². The number of thioether (sulfide) groups is 1. The molecule has 6 rings (SSSR count). The molecule has 0 saturated carbocycles. The van der Waals surface area contributed by atoms with Crippen LogP contribution in [0.2, 0.25) is 0 Å². The van der Waals surface area contributed by atoms with Gasteiger partial charge in [0.05, 0.1) is 36.2 Å². The molecule has 1 amide bonds. The lowest BCUT2D eigenvalue weighted by molar-refractivity contribution is -0.721. The van der Waals surface area contributed by atoms with Gasteiger partial charge in [0, 0.05) is 31.1 Å². The van der Waals surface area contributed by atoms with E-state index in [4.69, 9.17) is 4.74 Å². The zero-order chi connectivity index (χ0) is 27.4. The van der Waals surface area contributed by atoms with Gasteiger partial charge in [-0.2, -0.15) is 4.40 Å². The lowest BCUT2D eigenvalue weighted by Crippen LogP contribution is -2.63. The average Bonchev–Trinajstić information content (AvgIpc) is 3.51. The summed E-state index contributed by atoms with van der Waals surface area (Å²) in [5.41, 5.74) is 3.25. The fraction of sp³-hybridized carbons (Fsp3) is 0.464. The summed E-state index contributed by atoms with van der Waals surface area (Å²) >= 11 is 3.22. The van der Waals surface area contributed by atoms with Crippen LogP contribution >= 0.6 is 23.1 Å². The van der Waals surface area contributed by atoms with E-state index in [1.54, 1.807) is 30.0 Å². The smallest absolute Gasteiger partial charge is 0.352 e. The van der Waals surface area contributed by atoms with Gasteiger partial charge in [0.15, 0.2) is 0 Å². The number of fused-ring (bicyclic) bond motifs is 2.